The Labute approximate surface area is 143 Å². The summed E-state index contributed by atoms with van der Waals surface area (Å²) < 4.78 is 5.80. The Bertz CT molecular complexity index is 685. The lowest BCUT2D eigenvalue weighted by molar-refractivity contribution is -0.386. The van der Waals surface area contributed by atoms with E-state index in [1.807, 2.05) is 13.0 Å². The topological polar surface area (TPSA) is 55.6 Å². The summed E-state index contributed by atoms with van der Waals surface area (Å²) in [6.45, 7) is 10.5. The summed E-state index contributed by atoms with van der Waals surface area (Å²) in [6.07, 6.45) is 5.34. The van der Waals surface area contributed by atoms with Crippen LogP contribution in [0.1, 0.15) is 51.2 Å². The van der Waals surface area contributed by atoms with Crippen LogP contribution in [0.25, 0.3) is 5.57 Å². The van der Waals surface area contributed by atoms with Gasteiger partial charge in [-0.15, -0.1) is 0 Å². The molecule has 5 heteroatoms. The number of nitrogens with zero attached hydrogens (tertiary/aromatic N) is 2. The van der Waals surface area contributed by atoms with E-state index in [-0.39, 0.29) is 22.3 Å². The van der Waals surface area contributed by atoms with Crippen LogP contribution in [0.5, 0.6) is 5.75 Å². The molecule has 5 nitrogen and oxygen atoms in total. The third-order valence-corrected chi connectivity index (χ3v) is 4.82. The van der Waals surface area contributed by atoms with Crippen LogP contribution in [-0.4, -0.2) is 34.6 Å². The van der Waals surface area contributed by atoms with E-state index in [9.17, 15) is 10.1 Å². The minimum Gasteiger partial charge on any atom is -0.483 e. The Balaban J connectivity index is 1.90. The Morgan fingerprint density at radius 2 is 2.00 bits per heavy atom. The lowest BCUT2D eigenvalue weighted by atomic mass is 9.93. The molecule has 0 radical (unpaired) electrons. The van der Waals surface area contributed by atoms with E-state index in [1.54, 1.807) is 6.07 Å². The van der Waals surface area contributed by atoms with Crippen molar-refractivity contribution < 1.29 is 9.66 Å². The van der Waals surface area contributed by atoms with Gasteiger partial charge in [-0.05, 0) is 69.7 Å². The quantitative estimate of drug-likeness (QED) is 0.609. The second-order valence-corrected chi connectivity index (χ2v) is 7.81. The molecule has 1 heterocycles. The van der Waals surface area contributed by atoms with Gasteiger partial charge in [0, 0.05) is 24.7 Å². The van der Waals surface area contributed by atoms with E-state index >= 15 is 0 Å². The highest BCUT2D eigenvalue weighted by molar-refractivity contribution is 5.72. The molecule has 0 N–H and O–H groups in total. The highest BCUT2D eigenvalue weighted by atomic mass is 16.6. The Hall–Kier alpha value is -1.88. The Kier molecular flexibility index (Phi) is 4.38. The molecule has 1 fully saturated rings. The number of nitro benzene ring substituents is 1. The van der Waals surface area contributed by atoms with Crippen molar-refractivity contribution in [1.29, 1.82) is 0 Å². The molecule has 3 rings (SSSR count). The lowest BCUT2D eigenvalue weighted by Gasteiger charge is -2.37. The molecule has 1 saturated carbocycles. The summed E-state index contributed by atoms with van der Waals surface area (Å²) >= 11 is 0. The minimum absolute atomic E-state index is 0.0795. The molecule has 0 atom stereocenters. The molecule has 0 bridgehead atoms. The third-order valence-electron chi connectivity index (χ3n) is 4.82. The second-order valence-electron chi connectivity index (χ2n) is 7.81. The van der Waals surface area contributed by atoms with Gasteiger partial charge in [0.2, 0.25) is 0 Å². The van der Waals surface area contributed by atoms with Crippen LogP contribution in [0.15, 0.2) is 18.2 Å². The van der Waals surface area contributed by atoms with Crippen LogP contribution in [0.3, 0.4) is 0 Å². The second kappa shape index (κ2) is 6.20. The van der Waals surface area contributed by atoms with E-state index in [2.05, 4.69) is 31.7 Å². The first-order valence-corrected chi connectivity index (χ1v) is 8.66. The molecule has 0 amide bonds. The van der Waals surface area contributed by atoms with E-state index in [4.69, 9.17) is 4.74 Å². The SMILES string of the molecule is Cc1cc([N+](=O)[O-])c(OC2CC2)cc1C1=CCN(C(C)(C)C)CC1. The predicted octanol–water partition coefficient (Wildman–Crippen LogP) is 4.33. The smallest absolute Gasteiger partial charge is 0.311 e. The summed E-state index contributed by atoms with van der Waals surface area (Å²) in [5.41, 5.74) is 3.54. The van der Waals surface area contributed by atoms with Gasteiger partial charge in [0.15, 0.2) is 5.75 Å². The number of ether oxygens (including phenoxy) is 1. The molecule has 1 aromatic carbocycles. The number of hydrogen-bond donors (Lipinski definition) is 0. The molecule has 0 unspecified atom stereocenters. The summed E-state index contributed by atoms with van der Waals surface area (Å²) in [6, 6.07) is 3.54. The van der Waals surface area contributed by atoms with Crippen molar-refractivity contribution in [2.75, 3.05) is 13.1 Å². The van der Waals surface area contributed by atoms with E-state index in [0.717, 1.165) is 43.5 Å². The molecular weight excluding hydrogens is 304 g/mol. The normalized spacial score (nSPS) is 19.1. The molecule has 2 aliphatic rings. The average Bonchev–Trinajstić information content (AvgIpc) is 3.32. The molecule has 1 aromatic rings. The zero-order valence-corrected chi connectivity index (χ0v) is 15.0. The number of benzene rings is 1. The number of hydrogen-bond acceptors (Lipinski definition) is 4. The molecule has 1 aliphatic heterocycles. The maximum Gasteiger partial charge on any atom is 0.311 e. The van der Waals surface area contributed by atoms with Crippen LogP contribution in [0.2, 0.25) is 0 Å². The molecule has 0 aromatic heterocycles. The first kappa shape index (κ1) is 17.0. The predicted molar refractivity (Wildman–Crippen MR) is 95.4 cm³/mol. The third kappa shape index (κ3) is 3.61. The van der Waals surface area contributed by atoms with E-state index in [0.29, 0.717) is 5.75 Å². The van der Waals surface area contributed by atoms with Gasteiger partial charge in [-0.3, -0.25) is 15.0 Å². The van der Waals surface area contributed by atoms with Crippen molar-refractivity contribution in [3.05, 3.63) is 39.4 Å². The van der Waals surface area contributed by atoms with Gasteiger partial charge in [-0.2, -0.15) is 0 Å². The van der Waals surface area contributed by atoms with Gasteiger partial charge in [-0.25, -0.2) is 0 Å². The van der Waals surface area contributed by atoms with Crippen LogP contribution >= 0.6 is 0 Å². The van der Waals surface area contributed by atoms with Gasteiger partial charge >= 0.3 is 5.69 Å². The Morgan fingerprint density at radius 3 is 2.50 bits per heavy atom. The van der Waals surface area contributed by atoms with Crippen molar-refractivity contribution in [3.63, 3.8) is 0 Å². The van der Waals surface area contributed by atoms with E-state index < -0.39 is 0 Å². The fourth-order valence-electron chi connectivity index (χ4n) is 3.14. The van der Waals surface area contributed by atoms with Gasteiger partial charge in [-0.1, -0.05) is 6.08 Å². The van der Waals surface area contributed by atoms with Gasteiger partial charge in [0.05, 0.1) is 11.0 Å². The average molecular weight is 330 g/mol. The van der Waals surface area contributed by atoms with Crippen molar-refractivity contribution in [2.24, 2.45) is 0 Å². The molecule has 24 heavy (non-hydrogen) atoms. The van der Waals surface area contributed by atoms with Crippen LogP contribution < -0.4 is 4.74 Å². The van der Waals surface area contributed by atoms with Crippen molar-refractivity contribution in [3.8, 4) is 5.75 Å². The Morgan fingerprint density at radius 1 is 1.29 bits per heavy atom. The van der Waals surface area contributed by atoms with Gasteiger partial charge in [0.1, 0.15) is 0 Å². The van der Waals surface area contributed by atoms with E-state index in [1.165, 1.54) is 5.57 Å². The maximum absolute atomic E-state index is 11.3. The molecule has 0 saturated heterocycles. The highest BCUT2D eigenvalue weighted by Gasteiger charge is 2.29. The van der Waals surface area contributed by atoms with Crippen LogP contribution in [0, 0.1) is 17.0 Å². The lowest BCUT2D eigenvalue weighted by Crippen LogP contribution is -2.43. The fourth-order valence-corrected chi connectivity index (χ4v) is 3.14. The summed E-state index contributed by atoms with van der Waals surface area (Å²) in [5.74, 6) is 0.419. The number of aryl methyl sites for hydroxylation is 1. The van der Waals surface area contributed by atoms with Crippen molar-refractivity contribution in [2.45, 2.75) is 58.6 Å². The minimum atomic E-state index is -0.342. The van der Waals surface area contributed by atoms with Crippen molar-refractivity contribution in [1.82, 2.24) is 4.90 Å². The summed E-state index contributed by atoms with van der Waals surface area (Å²) in [7, 11) is 0. The standard InChI is InChI=1S/C19H26N2O3/c1-13-11-17(21(22)23)18(24-15-5-6-15)12-16(13)14-7-9-20(10-8-14)19(2,3)4/h7,11-12,15H,5-6,8-10H2,1-4H3. The van der Waals surface area contributed by atoms with Gasteiger partial charge < -0.3 is 4.74 Å². The molecule has 130 valence electrons. The first-order valence-electron chi connectivity index (χ1n) is 8.66. The maximum atomic E-state index is 11.3. The fraction of sp³-hybridized carbons (Fsp3) is 0.579. The van der Waals surface area contributed by atoms with Crippen LogP contribution in [-0.2, 0) is 0 Å². The number of nitro groups is 1. The highest BCUT2D eigenvalue weighted by Crippen LogP contribution is 2.38. The molecule has 1 aliphatic carbocycles. The number of rotatable bonds is 4. The largest absolute Gasteiger partial charge is 0.483 e. The zero-order chi connectivity index (χ0) is 17.5. The summed E-state index contributed by atoms with van der Waals surface area (Å²) in [4.78, 5) is 13.4. The molecular formula is C19H26N2O3. The monoisotopic (exact) mass is 330 g/mol. The molecule has 0 spiro atoms. The zero-order valence-electron chi connectivity index (χ0n) is 15.0. The first-order chi connectivity index (χ1) is 11.3. The van der Waals surface area contributed by atoms with Gasteiger partial charge in [0.25, 0.3) is 0 Å². The van der Waals surface area contributed by atoms with Crippen LogP contribution in [0.4, 0.5) is 5.69 Å². The van der Waals surface area contributed by atoms with Crippen molar-refractivity contribution >= 4 is 11.3 Å². The summed E-state index contributed by atoms with van der Waals surface area (Å²) in [5, 5.41) is 11.3.